The Labute approximate surface area is 168 Å². The number of amides is 1. The third-order valence-electron chi connectivity index (χ3n) is 5.04. The molecule has 1 aliphatic rings. The standard InChI is InChI=1S/C22H21N3O4/c1-4-29-22(27)14-9-11-15(12-10-14)25-20(16-7-5-6-8-17(16)28-3)18-13(2)23-24-19(18)21(25)26/h5-12,20H,4H2,1-3H3,(H,23,24). The van der Waals surface area contributed by atoms with E-state index in [9.17, 15) is 9.59 Å². The molecule has 1 unspecified atom stereocenters. The van der Waals surface area contributed by atoms with Crippen molar-refractivity contribution in [2.45, 2.75) is 19.9 Å². The lowest BCUT2D eigenvalue weighted by atomic mass is 9.98. The number of nitrogens with one attached hydrogen (secondary N) is 1. The molecule has 0 bridgehead atoms. The number of H-pyrrole nitrogens is 1. The average molecular weight is 391 g/mol. The average Bonchev–Trinajstić information content (AvgIpc) is 3.26. The Bertz CT molecular complexity index is 1070. The fraction of sp³-hybridized carbons (Fsp3) is 0.227. The number of hydrogen-bond donors (Lipinski definition) is 1. The van der Waals surface area contributed by atoms with E-state index in [1.807, 2.05) is 31.2 Å². The first kappa shape index (κ1) is 18.7. The minimum Gasteiger partial charge on any atom is -0.496 e. The van der Waals surface area contributed by atoms with E-state index in [4.69, 9.17) is 9.47 Å². The van der Waals surface area contributed by atoms with E-state index in [2.05, 4.69) is 10.2 Å². The van der Waals surface area contributed by atoms with Crippen molar-refractivity contribution in [2.75, 3.05) is 18.6 Å². The lowest BCUT2D eigenvalue weighted by Gasteiger charge is -2.27. The van der Waals surface area contributed by atoms with Crippen molar-refractivity contribution in [3.05, 3.63) is 76.6 Å². The number of nitrogens with zero attached hydrogens (tertiary/aromatic N) is 2. The second-order valence-corrected chi connectivity index (χ2v) is 6.70. The Morgan fingerprint density at radius 1 is 1.17 bits per heavy atom. The predicted molar refractivity (Wildman–Crippen MR) is 107 cm³/mol. The summed E-state index contributed by atoms with van der Waals surface area (Å²) in [6.45, 7) is 3.97. The number of benzene rings is 2. The molecule has 1 N–H and O–H groups in total. The van der Waals surface area contributed by atoms with E-state index in [0.717, 1.165) is 16.8 Å². The zero-order valence-electron chi connectivity index (χ0n) is 16.4. The number of aromatic amines is 1. The number of aryl methyl sites for hydroxylation is 1. The fourth-order valence-electron chi connectivity index (χ4n) is 3.72. The van der Waals surface area contributed by atoms with Gasteiger partial charge < -0.3 is 9.47 Å². The highest BCUT2D eigenvalue weighted by Crippen LogP contribution is 2.44. The highest BCUT2D eigenvalue weighted by molar-refractivity contribution is 6.11. The van der Waals surface area contributed by atoms with Crippen molar-refractivity contribution in [3.8, 4) is 5.75 Å². The highest BCUT2D eigenvalue weighted by atomic mass is 16.5. The van der Waals surface area contributed by atoms with Gasteiger partial charge in [0.2, 0.25) is 0 Å². The first-order valence-electron chi connectivity index (χ1n) is 9.35. The maximum absolute atomic E-state index is 13.2. The molecule has 0 saturated heterocycles. The Balaban J connectivity index is 1.81. The second-order valence-electron chi connectivity index (χ2n) is 6.70. The summed E-state index contributed by atoms with van der Waals surface area (Å²) in [5.74, 6) is 0.0908. The number of ether oxygens (including phenoxy) is 2. The molecular weight excluding hydrogens is 370 g/mol. The molecule has 4 rings (SSSR count). The molecule has 1 aromatic heterocycles. The summed E-state index contributed by atoms with van der Waals surface area (Å²) in [6.07, 6.45) is 0. The quantitative estimate of drug-likeness (QED) is 0.671. The van der Waals surface area contributed by atoms with Gasteiger partial charge in [0, 0.05) is 22.5 Å². The van der Waals surface area contributed by atoms with Gasteiger partial charge in [0.05, 0.1) is 25.3 Å². The van der Waals surface area contributed by atoms with E-state index in [0.29, 0.717) is 29.3 Å². The molecule has 2 heterocycles. The van der Waals surface area contributed by atoms with Crippen molar-refractivity contribution in [1.29, 1.82) is 0 Å². The number of methoxy groups -OCH3 is 1. The van der Waals surface area contributed by atoms with Gasteiger partial charge in [-0.1, -0.05) is 18.2 Å². The summed E-state index contributed by atoms with van der Waals surface area (Å²) >= 11 is 0. The van der Waals surface area contributed by atoms with E-state index in [1.165, 1.54) is 0 Å². The van der Waals surface area contributed by atoms with Gasteiger partial charge in [0.15, 0.2) is 5.69 Å². The Kier molecular flexibility index (Phi) is 4.80. The Morgan fingerprint density at radius 3 is 2.59 bits per heavy atom. The second kappa shape index (κ2) is 7.43. The Hall–Kier alpha value is -3.61. The monoisotopic (exact) mass is 391 g/mol. The van der Waals surface area contributed by atoms with Crippen LogP contribution in [0.1, 0.15) is 50.6 Å². The summed E-state index contributed by atoms with van der Waals surface area (Å²) in [5.41, 5.74) is 4.01. The van der Waals surface area contributed by atoms with Crippen LogP contribution < -0.4 is 9.64 Å². The third kappa shape index (κ3) is 3.04. The van der Waals surface area contributed by atoms with E-state index < -0.39 is 5.97 Å². The zero-order valence-corrected chi connectivity index (χ0v) is 16.4. The summed E-state index contributed by atoms with van der Waals surface area (Å²) in [6, 6.07) is 14.0. The van der Waals surface area contributed by atoms with Crippen molar-refractivity contribution in [3.63, 3.8) is 0 Å². The topological polar surface area (TPSA) is 84.5 Å². The SMILES string of the molecule is CCOC(=O)c1ccc(N2C(=O)c3n[nH]c(C)c3C2c2ccccc2OC)cc1. The molecule has 7 heteroatoms. The van der Waals surface area contributed by atoms with E-state index in [-0.39, 0.29) is 11.9 Å². The number of hydrogen-bond acceptors (Lipinski definition) is 5. The number of esters is 1. The number of aromatic nitrogens is 2. The van der Waals surface area contributed by atoms with Crippen LogP contribution in [0.3, 0.4) is 0 Å². The smallest absolute Gasteiger partial charge is 0.338 e. The molecule has 29 heavy (non-hydrogen) atoms. The third-order valence-corrected chi connectivity index (χ3v) is 5.04. The lowest BCUT2D eigenvalue weighted by molar-refractivity contribution is 0.0526. The molecule has 1 aliphatic heterocycles. The number of para-hydroxylation sites is 1. The van der Waals surface area contributed by atoms with Gasteiger partial charge in [-0.3, -0.25) is 14.8 Å². The largest absolute Gasteiger partial charge is 0.496 e. The van der Waals surface area contributed by atoms with Crippen LogP contribution >= 0.6 is 0 Å². The van der Waals surface area contributed by atoms with Crippen LogP contribution in [0, 0.1) is 6.92 Å². The molecule has 1 amide bonds. The van der Waals surface area contributed by atoms with Crippen LogP contribution in [0.4, 0.5) is 5.69 Å². The molecule has 0 spiro atoms. The van der Waals surface area contributed by atoms with Crippen LogP contribution in [0.5, 0.6) is 5.75 Å². The van der Waals surface area contributed by atoms with Gasteiger partial charge in [-0.15, -0.1) is 0 Å². The molecule has 0 aliphatic carbocycles. The first-order chi connectivity index (χ1) is 14.1. The van der Waals surface area contributed by atoms with Gasteiger partial charge in [-0.05, 0) is 44.2 Å². The van der Waals surface area contributed by atoms with E-state index in [1.54, 1.807) is 43.2 Å². The van der Waals surface area contributed by atoms with Crippen molar-refractivity contribution in [1.82, 2.24) is 10.2 Å². The number of carbonyl (C=O) groups excluding carboxylic acids is 2. The molecule has 148 valence electrons. The summed E-state index contributed by atoms with van der Waals surface area (Å²) < 4.78 is 10.6. The fourth-order valence-corrected chi connectivity index (χ4v) is 3.72. The molecule has 0 radical (unpaired) electrons. The maximum atomic E-state index is 13.2. The van der Waals surface area contributed by atoms with Crippen LogP contribution in [-0.2, 0) is 4.74 Å². The number of anilines is 1. The lowest BCUT2D eigenvalue weighted by Crippen LogP contribution is -2.29. The van der Waals surface area contributed by atoms with Crippen LogP contribution in [0.15, 0.2) is 48.5 Å². The van der Waals surface area contributed by atoms with Crippen molar-refractivity contribution >= 4 is 17.6 Å². The van der Waals surface area contributed by atoms with Gasteiger partial charge in [0.25, 0.3) is 5.91 Å². The van der Waals surface area contributed by atoms with Crippen LogP contribution in [0.25, 0.3) is 0 Å². The van der Waals surface area contributed by atoms with Crippen LogP contribution in [0.2, 0.25) is 0 Å². The number of fused-ring (bicyclic) bond motifs is 1. The summed E-state index contributed by atoms with van der Waals surface area (Å²) in [5, 5.41) is 7.14. The Morgan fingerprint density at radius 2 is 1.90 bits per heavy atom. The summed E-state index contributed by atoms with van der Waals surface area (Å²) in [7, 11) is 1.61. The van der Waals surface area contributed by atoms with Gasteiger partial charge in [-0.2, -0.15) is 5.10 Å². The normalized spacial score (nSPS) is 15.3. The van der Waals surface area contributed by atoms with Crippen molar-refractivity contribution in [2.24, 2.45) is 0 Å². The molecule has 7 nitrogen and oxygen atoms in total. The highest BCUT2D eigenvalue weighted by Gasteiger charge is 2.43. The van der Waals surface area contributed by atoms with Crippen molar-refractivity contribution < 1.29 is 19.1 Å². The summed E-state index contributed by atoms with van der Waals surface area (Å²) in [4.78, 5) is 26.9. The van der Waals surface area contributed by atoms with Crippen LogP contribution in [-0.4, -0.2) is 35.8 Å². The minimum absolute atomic E-state index is 0.204. The van der Waals surface area contributed by atoms with Gasteiger partial charge in [0.1, 0.15) is 5.75 Å². The molecule has 2 aromatic carbocycles. The molecule has 0 fully saturated rings. The maximum Gasteiger partial charge on any atom is 0.338 e. The molecule has 3 aromatic rings. The number of carbonyl (C=O) groups is 2. The molecule has 1 atom stereocenters. The molecule has 0 saturated carbocycles. The number of rotatable bonds is 5. The molecular formula is C22H21N3O4. The minimum atomic E-state index is -0.392. The zero-order chi connectivity index (χ0) is 20.5. The van der Waals surface area contributed by atoms with E-state index >= 15 is 0 Å². The first-order valence-corrected chi connectivity index (χ1v) is 9.35. The predicted octanol–water partition coefficient (Wildman–Crippen LogP) is 3.65. The van der Waals surface area contributed by atoms with Gasteiger partial charge >= 0.3 is 5.97 Å². The van der Waals surface area contributed by atoms with Gasteiger partial charge in [-0.25, -0.2) is 4.79 Å².